The van der Waals surface area contributed by atoms with Crippen molar-refractivity contribution in [1.82, 2.24) is 10.2 Å². The number of nitrogens with one attached hydrogen (secondary N) is 1. The fourth-order valence-electron chi connectivity index (χ4n) is 2.36. The van der Waals surface area contributed by atoms with E-state index in [1.165, 1.54) is 7.11 Å². The lowest BCUT2D eigenvalue weighted by Gasteiger charge is -2.25. The molecule has 0 aromatic heterocycles. The average molecular weight is 286 g/mol. The highest BCUT2D eigenvalue weighted by molar-refractivity contribution is 5.82. The molecule has 0 bridgehead atoms. The van der Waals surface area contributed by atoms with Crippen LogP contribution in [0.3, 0.4) is 0 Å². The third-order valence-corrected chi connectivity index (χ3v) is 3.83. The summed E-state index contributed by atoms with van der Waals surface area (Å²) < 4.78 is 4.87. The number of carbonyl (C=O) groups excluding carboxylic acids is 1. The Kier molecular flexibility index (Phi) is 6.26. The molecule has 116 valence electrons. The maximum atomic E-state index is 12.2. The zero-order valence-electron chi connectivity index (χ0n) is 12.6. The van der Waals surface area contributed by atoms with E-state index in [0.717, 1.165) is 19.3 Å². The molecule has 20 heavy (non-hydrogen) atoms. The molecule has 6 heteroatoms. The molecule has 2 amide bonds. The monoisotopic (exact) mass is 286 g/mol. The number of amides is 2. The predicted molar refractivity (Wildman–Crippen MR) is 75.7 cm³/mol. The Balaban J connectivity index is 2.53. The molecular formula is C14H26N2O4. The molecule has 1 fully saturated rings. The number of methoxy groups -OCH3 is 1. The molecule has 0 saturated carbocycles. The van der Waals surface area contributed by atoms with Gasteiger partial charge >= 0.3 is 12.0 Å². The molecule has 0 radical (unpaired) electrons. The van der Waals surface area contributed by atoms with Crippen LogP contribution in [0.2, 0.25) is 0 Å². The van der Waals surface area contributed by atoms with Gasteiger partial charge in [0.05, 0.1) is 0 Å². The van der Waals surface area contributed by atoms with E-state index in [9.17, 15) is 9.59 Å². The fraction of sp³-hybridized carbons (Fsp3) is 0.857. The van der Waals surface area contributed by atoms with Gasteiger partial charge in [0.1, 0.15) is 6.04 Å². The number of aliphatic carboxylic acids is 1. The van der Waals surface area contributed by atoms with Crippen LogP contribution in [-0.4, -0.2) is 54.9 Å². The van der Waals surface area contributed by atoms with Crippen molar-refractivity contribution >= 4 is 12.0 Å². The van der Waals surface area contributed by atoms with Gasteiger partial charge < -0.3 is 20.1 Å². The first kappa shape index (κ1) is 16.8. The topological polar surface area (TPSA) is 78.9 Å². The minimum Gasteiger partial charge on any atom is -0.480 e. The molecule has 1 rings (SSSR count). The molecule has 2 N–H and O–H groups in total. The minimum atomic E-state index is -1.02. The zero-order chi connectivity index (χ0) is 15.2. The second kappa shape index (κ2) is 7.47. The number of likely N-dealkylation sites (tertiary alicyclic amines) is 1. The van der Waals surface area contributed by atoms with Gasteiger partial charge in [-0.3, -0.25) is 0 Å². The standard InChI is InChI=1S/C14H26N2O4/c1-14(2)6-4-8-16(9-7-14)13(19)15-11(12(17)18)5-10-20-3/h11H,4-10H2,1-3H3,(H,15,19)(H,17,18). The van der Waals surface area contributed by atoms with Crippen molar-refractivity contribution in [3.63, 3.8) is 0 Å². The van der Waals surface area contributed by atoms with Crippen LogP contribution in [-0.2, 0) is 9.53 Å². The highest BCUT2D eigenvalue weighted by atomic mass is 16.5. The third-order valence-electron chi connectivity index (χ3n) is 3.83. The van der Waals surface area contributed by atoms with Crippen LogP contribution in [0.4, 0.5) is 4.79 Å². The molecule has 1 atom stereocenters. The third kappa shape index (κ3) is 5.36. The van der Waals surface area contributed by atoms with E-state index in [2.05, 4.69) is 19.2 Å². The van der Waals surface area contributed by atoms with Crippen LogP contribution in [0.5, 0.6) is 0 Å². The molecule has 0 aromatic rings. The zero-order valence-corrected chi connectivity index (χ0v) is 12.6. The SMILES string of the molecule is COCCC(NC(=O)N1CCCC(C)(C)CC1)C(=O)O. The van der Waals surface area contributed by atoms with E-state index in [1.807, 2.05) is 0 Å². The van der Waals surface area contributed by atoms with Crippen LogP contribution in [0.1, 0.15) is 39.5 Å². The molecule has 0 aliphatic carbocycles. The van der Waals surface area contributed by atoms with Gasteiger partial charge in [0, 0.05) is 33.2 Å². The first-order valence-electron chi connectivity index (χ1n) is 7.13. The van der Waals surface area contributed by atoms with Crippen molar-refractivity contribution in [2.75, 3.05) is 26.8 Å². The van der Waals surface area contributed by atoms with Gasteiger partial charge in [0.15, 0.2) is 0 Å². The number of carboxylic acid groups (broad SMARTS) is 1. The molecule has 0 spiro atoms. The van der Waals surface area contributed by atoms with Crippen LogP contribution in [0.25, 0.3) is 0 Å². The fourth-order valence-corrected chi connectivity index (χ4v) is 2.36. The largest absolute Gasteiger partial charge is 0.480 e. The lowest BCUT2D eigenvalue weighted by atomic mass is 9.85. The Bertz CT molecular complexity index is 344. The highest BCUT2D eigenvalue weighted by Crippen LogP contribution is 2.29. The number of carbonyl (C=O) groups is 2. The van der Waals surface area contributed by atoms with Crippen molar-refractivity contribution in [3.8, 4) is 0 Å². The van der Waals surface area contributed by atoms with E-state index in [1.54, 1.807) is 4.90 Å². The number of hydrogen-bond acceptors (Lipinski definition) is 3. The van der Waals surface area contributed by atoms with Gasteiger partial charge in [0.2, 0.25) is 0 Å². The molecule has 6 nitrogen and oxygen atoms in total. The van der Waals surface area contributed by atoms with Crippen molar-refractivity contribution in [3.05, 3.63) is 0 Å². The average Bonchev–Trinajstić information content (AvgIpc) is 2.55. The first-order chi connectivity index (χ1) is 9.35. The number of rotatable bonds is 5. The summed E-state index contributed by atoms with van der Waals surface area (Å²) >= 11 is 0. The van der Waals surface area contributed by atoms with Crippen molar-refractivity contribution in [2.45, 2.75) is 45.6 Å². The van der Waals surface area contributed by atoms with E-state index in [0.29, 0.717) is 19.7 Å². The molecule has 1 aliphatic rings. The van der Waals surface area contributed by atoms with Gasteiger partial charge in [-0.1, -0.05) is 13.8 Å². The van der Waals surface area contributed by atoms with E-state index < -0.39 is 12.0 Å². The van der Waals surface area contributed by atoms with Gasteiger partial charge in [-0.25, -0.2) is 9.59 Å². The predicted octanol–water partition coefficient (Wildman–Crippen LogP) is 1.70. The Labute approximate surface area is 120 Å². The number of ether oxygens (including phenoxy) is 1. The highest BCUT2D eigenvalue weighted by Gasteiger charge is 2.27. The van der Waals surface area contributed by atoms with Crippen LogP contribution in [0.15, 0.2) is 0 Å². The lowest BCUT2D eigenvalue weighted by molar-refractivity contribution is -0.139. The Morgan fingerprint density at radius 3 is 2.65 bits per heavy atom. The first-order valence-corrected chi connectivity index (χ1v) is 7.13. The molecule has 1 heterocycles. The van der Waals surface area contributed by atoms with E-state index >= 15 is 0 Å². The Morgan fingerprint density at radius 1 is 1.35 bits per heavy atom. The van der Waals surface area contributed by atoms with Crippen LogP contribution < -0.4 is 5.32 Å². The second-order valence-corrected chi connectivity index (χ2v) is 6.13. The number of hydrogen-bond donors (Lipinski definition) is 2. The van der Waals surface area contributed by atoms with Crippen LogP contribution in [0, 0.1) is 5.41 Å². The Hall–Kier alpha value is -1.30. The molecule has 1 saturated heterocycles. The summed E-state index contributed by atoms with van der Waals surface area (Å²) in [6, 6.07) is -1.18. The lowest BCUT2D eigenvalue weighted by Crippen LogP contribution is -2.48. The molecule has 0 aromatic carbocycles. The van der Waals surface area contributed by atoms with Crippen LogP contribution >= 0.6 is 0 Å². The summed E-state index contributed by atoms with van der Waals surface area (Å²) in [5.41, 5.74) is 0.247. The normalized spacial score (nSPS) is 20.1. The van der Waals surface area contributed by atoms with Crippen molar-refractivity contribution in [2.24, 2.45) is 5.41 Å². The Morgan fingerprint density at radius 2 is 2.05 bits per heavy atom. The van der Waals surface area contributed by atoms with E-state index in [4.69, 9.17) is 9.84 Å². The summed E-state index contributed by atoms with van der Waals surface area (Å²) in [4.78, 5) is 25.0. The minimum absolute atomic E-state index is 0.247. The molecule has 1 unspecified atom stereocenters. The second-order valence-electron chi connectivity index (χ2n) is 6.13. The molecular weight excluding hydrogens is 260 g/mol. The number of carboxylic acids is 1. The summed E-state index contributed by atoms with van der Waals surface area (Å²) in [5.74, 6) is -1.02. The molecule has 1 aliphatic heterocycles. The van der Waals surface area contributed by atoms with Crippen molar-refractivity contribution < 1.29 is 19.4 Å². The number of nitrogens with zero attached hydrogens (tertiary/aromatic N) is 1. The maximum absolute atomic E-state index is 12.2. The quantitative estimate of drug-likeness (QED) is 0.806. The summed E-state index contributed by atoms with van der Waals surface area (Å²) in [5, 5.41) is 11.7. The summed E-state index contributed by atoms with van der Waals surface area (Å²) in [6.45, 7) is 6.08. The maximum Gasteiger partial charge on any atom is 0.326 e. The summed E-state index contributed by atoms with van der Waals surface area (Å²) in [7, 11) is 1.51. The van der Waals surface area contributed by atoms with Gasteiger partial charge in [-0.05, 0) is 24.7 Å². The van der Waals surface area contributed by atoms with E-state index in [-0.39, 0.29) is 17.9 Å². The number of urea groups is 1. The van der Waals surface area contributed by atoms with Gasteiger partial charge in [-0.2, -0.15) is 0 Å². The van der Waals surface area contributed by atoms with Crippen molar-refractivity contribution in [1.29, 1.82) is 0 Å². The smallest absolute Gasteiger partial charge is 0.326 e. The summed E-state index contributed by atoms with van der Waals surface area (Å²) in [6.07, 6.45) is 3.26. The van der Waals surface area contributed by atoms with Gasteiger partial charge in [0.25, 0.3) is 0 Å². The van der Waals surface area contributed by atoms with Gasteiger partial charge in [-0.15, -0.1) is 0 Å².